The molecule has 0 amide bonds. The Kier molecular flexibility index (Phi) is 21.8. The fourth-order valence-electron chi connectivity index (χ4n) is 24.4. The molecule has 22 aromatic carbocycles. The van der Waals surface area contributed by atoms with Crippen molar-refractivity contribution in [3.8, 4) is 111 Å². The van der Waals surface area contributed by atoms with Gasteiger partial charge in [-0.15, -0.1) is 0 Å². The van der Waals surface area contributed by atoms with Gasteiger partial charge in [0.05, 0.1) is 28.4 Å². The van der Waals surface area contributed by atoms with E-state index in [1.165, 1.54) is 198 Å². The van der Waals surface area contributed by atoms with Crippen LogP contribution in [0.3, 0.4) is 0 Å². The van der Waals surface area contributed by atoms with Crippen molar-refractivity contribution in [3.05, 3.63) is 493 Å². The van der Waals surface area contributed by atoms with Gasteiger partial charge in [-0.2, -0.15) is 0 Å². The first-order chi connectivity index (χ1) is 69.6. The molecule has 0 atom stereocenters. The number of hydrogen-bond acceptors (Lipinski definition) is 2. The van der Waals surface area contributed by atoms with Crippen molar-refractivity contribution < 1.29 is 0 Å². The maximum absolute atomic E-state index is 2.60. The molecule has 144 heavy (non-hydrogen) atoms. The van der Waals surface area contributed by atoms with E-state index in [1.807, 2.05) is 0 Å². The molecule has 0 saturated carbocycles. The molecule has 0 aliphatic heterocycles. The van der Waals surface area contributed by atoms with Crippen molar-refractivity contribution >= 4 is 98.8 Å². The standard InChI is InChI=1S/C142H120N2/c1-137(2,3)98-82-96(83-99(87-98)138(4,5)6)105-57-33-43-93-45-35-64-120(133(93)105)117-53-23-28-71-129(117)143(128-70-27-21-51-115(128)110-62-38-60-108-103-49-18-16-41-91(103)76-79-112(108)110)102-48-32-47-95(86-102)107-59-37-67-123-114-78-75-90(81-127(114)142(14,15)136(107)123)89-140(10,11)101-85-97(84-100(88-101)139(7,8)9)106-58-34-44-94-46-36-65-121(134(94)106)118-54-24-30-73-131(118)144(130-72-29-22-52-116(130)111-63-39-61-109-104-50-19-17-42-92(104)77-80-113(109)111)132-74-31-25-55-119(132)122-66-40-69-126-135(122)124-56-20-26-68-125(124)141(126,12)13/h16-88H,89H2,1-15H3. The Morgan fingerprint density at radius 1 is 0.201 bits per heavy atom. The van der Waals surface area contributed by atoms with E-state index in [1.54, 1.807) is 0 Å². The summed E-state index contributed by atoms with van der Waals surface area (Å²) < 4.78 is 0. The lowest BCUT2D eigenvalue weighted by Gasteiger charge is -2.32. The van der Waals surface area contributed by atoms with Gasteiger partial charge in [-0.25, -0.2) is 0 Å². The lowest BCUT2D eigenvalue weighted by molar-refractivity contribution is 0.516. The summed E-state index contributed by atoms with van der Waals surface area (Å²) in [5.41, 5.74) is 41.4. The zero-order valence-electron chi connectivity index (χ0n) is 85.2. The van der Waals surface area contributed by atoms with Crippen LogP contribution in [0.25, 0.3) is 176 Å². The Hall–Kier alpha value is -16.0. The number of nitrogens with zero attached hydrogens (tertiary/aromatic N) is 2. The van der Waals surface area contributed by atoms with Gasteiger partial charge in [0.1, 0.15) is 0 Å². The summed E-state index contributed by atoms with van der Waals surface area (Å²) in [6.45, 7) is 35.9. The van der Waals surface area contributed by atoms with Crippen LogP contribution in [0.4, 0.5) is 34.1 Å². The molecule has 0 N–H and O–H groups in total. The number of hydrogen-bond donors (Lipinski definition) is 0. The second-order valence-corrected chi connectivity index (χ2v) is 45.1. The summed E-state index contributed by atoms with van der Waals surface area (Å²) in [4.78, 5) is 5.18. The van der Waals surface area contributed by atoms with Gasteiger partial charge in [0.2, 0.25) is 0 Å². The van der Waals surface area contributed by atoms with Gasteiger partial charge < -0.3 is 9.80 Å². The van der Waals surface area contributed by atoms with Crippen molar-refractivity contribution in [1.29, 1.82) is 0 Å². The van der Waals surface area contributed by atoms with Gasteiger partial charge >= 0.3 is 0 Å². The molecule has 0 saturated heterocycles. The van der Waals surface area contributed by atoms with Gasteiger partial charge in [-0.1, -0.05) is 504 Å². The summed E-state index contributed by atoms with van der Waals surface area (Å²) in [7, 11) is 0. The topological polar surface area (TPSA) is 6.48 Å². The fourth-order valence-corrected chi connectivity index (χ4v) is 24.4. The molecule has 2 heteroatoms. The van der Waals surface area contributed by atoms with Crippen molar-refractivity contribution in [2.45, 2.75) is 143 Å². The minimum Gasteiger partial charge on any atom is -0.309 e. The van der Waals surface area contributed by atoms with Gasteiger partial charge in [0.25, 0.3) is 0 Å². The van der Waals surface area contributed by atoms with Crippen LogP contribution in [0.5, 0.6) is 0 Å². The number of benzene rings is 22. The monoisotopic (exact) mass is 1850 g/mol. The molecule has 2 aliphatic rings. The zero-order chi connectivity index (χ0) is 98.6. The molecule has 0 fully saturated rings. The third kappa shape index (κ3) is 15.4. The van der Waals surface area contributed by atoms with Gasteiger partial charge in [-0.3, -0.25) is 0 Å². The summed E-state index contributed by atoms with van der Waals surface area (Å²) in [6.07, 6.45) is 0.823. The molecule has 698 valence electrons. The average molecular weight is 1850 g/mol. The largest absolute Gasteiger partial charge is 0.309 e. The molecule has 0 spiro atoms. The first-order valence-electron chi connectivity index (χ1n) is 51.5. The van der Waals surface area contributed by atoms with E-state index in [4.69, 9.17) is 0 Å². The number of rotatable bonds is 17. The van der Waals surface area contributed by atoms with Crippen LogP contribution >= 0.6 is 0 Å². The van der Waals surface area contributed by atoms with E-state index in [9.17, 15) is 0 Å². The van der Waals surface area contributed by atoms with E-state index in [2.05, 4.69) is 557 Å². The van der Waals surface area contributed by atoms with Crippen molar-refractivity contribution in [2.24, 2.45) is 0 Å². The van der Waals surface area contributed by atoms with Crippen LogP contribution in [0.15, 0.2) is 443 Å². The van der Waals surface area contributed by atoms with Crippen LogP contribution < -0.4 is 9.80 Å². The highest BCUT2D eigenvalue weighted by Gasteiger charge is 2.41. The lowest BCUT2D eigenvalue weighted by atomic mass is 9.74. The minimum atomic E-state index is -0.381. The van der Waals surface area contributed by atoms with E-state index in [0.717, 1.165) is 68.4 Å². The highest BCUT2D eigenvalue weighted by Crippen LogP contribution is 2.60. The van der Waals surface area contributed by atoms with Gasteiger partial charge in [-0.05, 0) is 269 Å². The molecular weight excluding hydrogens is 1730 g/mol. The van der Waals surface area contributed by atoms with Gasteiger partial charge in [0.15, 0.2) is 0 Å². The maximum atomic E-state index is 2.60. The second-order valence-electron chi connectivity index (χ2n) is 45.1. The normalized spacial score (nSPS) is 13.2. The van der Waals surface area contributed by atoms with E-state index >= 15 is 0 Å². The van der Waals surface area contributed by atoms with E-state index in [0.29, 0.717) is 0 Å². The van der Waals surface area contributed by atoms with Crippen LogP contribution in [0, 0.1) is 0 Å². The summed E-state index contributed by atoms with van der Waals surface area (Å²) in [5.74, 6) is 0. The predicted molar refractivity (Wildman–Crippen MR) is 619 cm³/mol. The third-order valence-electron chi connectivity index (χ3n) is 31.8. The highest BCUT2D eigenvalue weighted by molar-refractivity contribution is 6.18. The molecular formula is C142H120N2. The summed E-state index contributed by atoms with van der Waals surface area (Å²) >= 11 is 0. The SMILES string of the molecule is CC(C)(C)c1cc(-c2cccc3cccc(-c4ccccc4N(c4cccc(-c5cccc6c5C(C)(C)c5cc(CC(C)(C)c7cc(-c8cccc9cccc(-c%10ccccc%10N(c%10ccccc%10-c%10cccc%11c%10-c%10ccccc%10C%11(C)C)c%10ccccc%10-c%10cccc%11c%10ccc%10ccccc%10%11)c89)cc(C(C)(C)C)c7)ccc5-6)c4)c4ccccc4-c4cccc5c4ccc4ccccc45)c23)cc(C(C)(C)C)c1. The Morgan fingerprint density at radius 2 is 0.556 bits per heavy atom. The Morgan fingerprint density at radius 3 is 1.06 bits per heavy atom. The molecule has 2 nitrogen and oxygen atoms in total. The van der Waals surface area contributed by atoms with Crippen LogP contribution in [0.2, 0.25) is 0 Å². The predicted octanol–water partition coefficient (Wildman–Crippen LogP) is 39.9. The molecule has 0 heterocycles. The molecule has 0 unspecified atom stereocenters. The molecule has 0 aromatic heterocycles. The highest BCUT2D eigenvalue weighted by atomic mass is 15.2. The van der Waals surface area contributed by atoms with Crippen molar-refractivity contribution in [3.63, 3.8) is 0 Å². The van der Waals surface area contributed by atoms with E-state index in [-0.39, 0.29) is 32.5 Å². The fraction of sp³-hybridized carbons (Fsp3) is 0.155. The third-order valence-corrected chi connectivity index (χ3v) is 31.8. The molecule has 24 rings (SSSR count). The summed E-state index contributed by atoms with van der Waals surface area (Å²) in [6, 6.07) is 169. The Balaban J connectivity index is 0.611. The van der Waals surface area contributed by atoms with Crippen molar-refractivity contribution in [2.75, 3.05) is 9.80 Å². The zero-order valence-corrected chi connectivity index (χ0v) is 85.2. The van der Waals surface area contributed by atoms with E-state index < -0.39 is 0 Å². The molecule has 0 bridgehead atoms. The number of fused-ring (bicyclic) bond motifs is 14. The lowest BCUT2D eigenvalue weighted by Crippen LogP contribution is -2.23. The first-order valence-corrected chi connectivity index (χ1v) is 51.5. The molecule has 2 aliphatic carbocycles. The quantitative estimate of drug-likeness (QED) is 0.0839. The summed E-state index contributed by atoms with van der Waals surface area (Å²) in [5, 5.41) is 14.7. The smallest absolute Gasteiger partial charge is 0.0540 e. The average Bonchev–Trinajstić information content (AvgIpc) is 1.56. The number of para-hydroxylation sites is 5. The van der Waals surface area contributed by atoms with Crippen molar-refractivity contribution in [1.82, 2.24) is 0 Å². The maximum Gasteiger partial charge on any atom is 0.0540 e. The van der Waals surface area contributed by atoms with Crippen LogP contribution in [-0.4, -0.2) is 0 Å². The minimum absolute atomic E-state index is 0.0655. The Bertz CT molecular complexity index is 8930. The first kappa shape index (κ1) is 90.5. The van der Waals surface area contributed by atoms with Gasteiger partial charge in [0, 0.05) is 44.3 Å². The molecule has 22 aromatic rings. The van der Waals surface area contributed by atoms with Crippen LogP contribution in [-0.2, 0) is 38.9 Å². The Labute approximate surface area is 849 Å². The molecule has 0 radical (unpaired) electrons. The second kappa shape index (κ2) is 34.7. The number of anilines is 6. The van der Waals surface area contributed by atoms with Crippen LogP contribution in [0.1, 0.15) is 154 Å².